The number of furan rings is 1. The van der Waals surface area contributed by atoms with Crippen molar-refractivity contribution in [3.63, 3.8) is 0 Å². The molecule has 27 heavy (non-hydrogen) atoms. The van der Waals surface area contributed by atoms with Crippen molar-refractivity contribution in [2.45, 2.75) is 13.1 Å². The molecular weight excluding hydrogens is 346 g/mol. The van der Waals surface area contributed by atoms with Gasteiger partial charge in [0.25, 0.3) is 5.91 Å². The van der Waals surface area contributed by atoms with E-state index in [0.29, 0.717) is 26.2 Å². The zero-order valence-electron chi connectivity index (χ0n) is 16.0. The maximum atomic E-state index is 12.6. The smallest absolute Gasteiger partial charge is 0.290 e. The Morgan fingerprint density at radius 3 is 2.74 bits per heavy atom. The summed E-state index contributed by atoms with van der Waals surface area (Å²) in [5.74, 6) is 1.46. The number of amides is 2. The first-order chi connectivity index (χ1) is 13.0. The molecular formula is C20H25N3O4. The Hall–Kier alpha value is -2.80. The van der Waals surface area contributed by atoms with Crippen LogP contribution in [0.4, 0.5) is 0 Å². The van der Waals surface area contributed by atoms with Gasteiger partial charge in [-0.2, -0.15) is 0 Å². The van der Waals surface area contributed by atoms with Gasteiger partial charge in [0.05, 0.1) is 13.7 Å². The Bertz CT molecular complexity index is 815. The highest BCUT2D eigenvalue weighted by molar-refractivity contribution is 5.95. The number of piperazine rings is 1. The molecule has 0 unspecified atom stereocenters. The van der Waals surface area contributed by atoms with E-state index in [4.69, 9.17) is 9.15 Å². The van der Waals surface area contributed by atoms with Gasteiger partial charge < -0.3 is 23.9 Å². The van der Waals surface area contributed by atoms with Crippen LogP contribution in [0.25, 0.3) is 0 Å². The molecule has 0 radical (unpaired) electrons. The number of ether oxygens (including phenoxy) is 1. The summed E-state index contributed by atoms with van der Waals surface area (Å²) in [5, 5.41) is 0. The molecule has 1 fully saturated rings. The molecule has 7 nitrogen and oxygen atoms in total. The first-order valence-corrected chi connectivity index (χ1v) is 8.89. The molecule has 0 aliphatic carbocycles. The highest BCUT2D eigenvalue weighted by Gasteiger charge is 2.29. The van der Waals surface area contributed by atoms with E-state index in [0.717, 1.165) is 17.1 Å². The average Bonchev–Trinajstić information content (AvgIpc) is 3.10. The highest BCUT2D eigenvalue weighted by Crippen LogP contribution is 2.17. The van der Waals surface area contributed by atoms with Gasteiger partial charge in [-0.25, -0.2) is 0 Å². The van der Waals surface area contributed by atoms with Gasteiger partial charge in [0.2, 0.25) is 5.91 Å². The third kappa shape index (κ3) is 4.68. The van der Waals surface area contributed by atoms with E-state index in [2.05, 4.69) is 0 Å². The van der Waals surface area contributed by atoms with Crippen molar-refractivity contribution in [2.75, 3.05) is 40.8 Å². The first kappa shape index (κ1) is 19.0. The number of hydrogen-bond acceptors (Lipinski definition) is 5. The van der Waals surface area contributed by atoms with Crippen LogP contribution >= 0.6 is 0 Å². The maximum Gasteiger partial charge on any atom is 0.290 e. The van der Waals surface area contributed by atoms with Crippen LogP contribution in [0.15, 0.2) is 40.8 Å². The van der Waals surface area contributed by atoms with Gasteiger partial charge >= 0.3 is 0 Å². The molecule has 7 heteroatoms. The highest BCUT2D eigenvalue weighted by atomic mass is 16.5. The third-order valence-corrected chi connectivity index (χ3v) is 4.46. The van der Waals surface area contributed by atoms with Gasteiger partial charge in [-0.1, -0.05) is 12.1 Å². The normalized spacial score (nSPS) is 14.7. The number of hydrogen-bond donors (Lipinski definition) is 0. The van der Waals surface area contributed by atoms with E-state index < -0.39 is 0 Å². The number of carbonyl (C=O) groups excluding carboxylic acids is 2. The Labute approximate surface area is 159 Å². The summed E-state index contributed by atoms with van der Waals surface area (Å²) in [7, 11) is 5.49. The van der Waals surface area contributed by atoms with E-state index in [1.807, 2.05) is 43.3 Å². The van der Waals surface area contributed by atoms with Crippen molar-refractivity contribution in [3.8, 4) is 5.75 Å². The second kappa shape index (κ2) is 8.26. The SMILES string of the molecule is COc1cccc(CN2CCN(C(=O)c3ccc(CN(C)C)o3)CC2=O)c1. The van der Waals surface area contributed by atoms with Crippen molar-refractivity contribution >= 4 is 11.8 Å². The summed E-state index contributed by atoms with van der Waals surface area (Å²) in [6.07, 6.45) is 0. The summed E-state index contributed by atoms with van der Waals surface area (Å²) in [5.41, 5.74) is 1.00. The second-order valence-electron chi connectivity index (χ2n) is 6.90. The van der Waals surface area contributed by atoms with Crippen LogP contribution in [0.3, 0.4) is 0 Å². The lowest BCUT2D eigenvalue weighted by atomic mass is 10.2. The quantitative estimate of drug-likeness (QED) is 0.775. The van der Waals surface area contributed by atoms with Crippen LogP contribution in [-0.4, -0.2) is 67.4 Å². The molecule has 144 valence electrons. The fourth-order valence-corrected chi connectivity index (χ4v) is 3.09. The molecule has 0 spiro atoms. The molecule has 1 aromatic carbocycles. The van der Waals surface area contributed by atoms with Crippen LogP contribution in [0, 0.1) is 0 Å². The second-order valence-corrected chi connectivity index (χ2v) is 6.90. The van der Waals surface area contributed by atoms with Crippen LogP contribution in [0.1, 0.15) is 21.9 Å². The fourth-order valence-electron chi connectivity index (χ4n) is 3.09. The van der Waals surface area contributed by atoms with Gasteiger partial charge in [0.15, 0.2) is 5.76 Å². The number of nitrogens with zero attached hydrogens (tertiary/aromatic N) is 3. The number of methoxy groups -OCH3 is 1. The zero-order valence-corrected chi connectivity index (χ0v) is 16.0. The largest absolute Gasteiger partial charge is 0.497 e. The molecule has 2 amide bonds. The minimum Gasteiger partial charge on any atom is -0.497 e. The maximum absolute atomic E-state index is 12.6. The lowest BCUT2D eigenvalue weighted by Gasteiger charge is -2.34. The van der Waals surface area contributed by atoms with Crippen LogP contribution < -0.4 is 4.74 Å². The Morgan fingerprint density at radius 1 is 1.22 bits per heavy atom. The molecule has 3 rings (SSSR count). The molecule has 1 aliphatic rings. The molecule has 1 aliphatic heterocycles. The fraction of sp³-hybridized carbons (Fsp3) is 0.400. The lowest BCUT2D eigenvalue weighted by molar-refractivity contribution is -0.135. The molecule has 2 aromatic rings. The van der Waals surface area contributed by atoms with E-state index in [1.54, 1.807) is 29.0 Å². The molecule has 2 heterocycles. The van der Waals surface area contributed by atoms with E-state index in [9.17, 15) is 9.59 Å². The van der Waals surface area contributed by atoms with Crippen molar-refractivity contribution < 1.29 is 18.7 Å². The van der Waals surface area contributed by atoms with Crippen molar-refractivity contribution in [1.29, 1.82) is 0 Å². The predicted octanol–water partition coefficient (Wildman–Crippen LogP) is 1.83. The monoisotopic (exact) mass is 371 g/mol. The van der Waals surface area contributed by atoms with Crippen molar-refractivity contribution in [2.24, 2.45) is 0 Å². The van der Waals surface area contributed by atoms with Gasteiger partial charge in [0.1, 0.15) is 18.1 Å². The molecule has 1 saturated heterocycles. The van der Waals surface area contributed by atoms with E-state index >= 15 is 0 Å². The van der Waals surface area contributed by atoms with Crippen LogP contribution in [0.2, 0.25) is 0 Å². The topological polar surface area (TPSA) is 66.2 Å². The Balaban J connectivity index is 1.60. The van der Waals surface area contributed by atoms with E-state index in [1.165, 1.54) is 0 Å². The summed E-state index contributed by atoms with van der Waals surface area (Å²) < 4.78 is 10.8. The lowest BCUT2D eigenvalue weighted by Crippen LogP contribution is -2.51. The Morgan fingerprint density at radius 2 is 2.04 bits per heavy atom. The summed E-state index contributed by atoms with van der Waals surface area (Å²) in [6.45, 7) is 2.17. The molecule has 1 aromatic heterocycles. The minimum atomic E-state index is -0.241. The van der Waals surface area contributed by atoms with Gasteiger partial charge in [-0.05, 0) is 43.9 Å². The van der Waals surface area contributed by atoms with Crippen molar-refractivity contribution in [3.05, 3.63) is 53.5 Å². The number of carbonyl (C=O) groups is 2. The third-order valence-electron chi connectivity index (χ3n) is 4.46. The summed E-state index contributed by atoms with van der Waals surface area (Å²) in [6, 6.07) is 11.1. The zero-order chi connectivity index (χ0) is 19.4. The number of rotatable bonds is 6. The van der Waals surface area contributed by atoms with Crippen molar-refractivity contribution in [1.82, 2.24) is 14.7 Å². The van der Waals surface area contributed by atoms with E-state index in [-0.39, 0.29) is 24.1 Å². The molecule has 0 saturated carbocycles. The standard InChI is InChI=1S/C20H25N3O4/c1-21(2)13-17-7-8-18(27-17)20(25)23-10-9-22(19(24)14-23)12-15-5-4-6-16(11-15)26-3/h4-8,11H,9-10,12-14H2,1-3H3. The predicted molar refractivity (Wildman–Crippen MR) is 100 cm³/mol. The number of benzene rings is 1. The van der Waals surface area contributed by atoms with Gasteiger partial charge in [-0.15, -0.1) is 0 Å². The van der Waals surface area contributed by atoms with Gasteiger partial charge in [-0.3, -0.25) is 9.59 Å². The molecule has 0 N–H and O–H groups in total. The van der Waals surface area contributed by atoms with Gasteiger partial charge in [0, 0.05) is 19.6 Å². The minimum absolute atomic E-state index is 0.0620. The van der Waals surface area contributed by atoms with Crippen LogP contribution in [0.5, 0.6) is 5.75 Å². The Kier molecular flexibility index (Phi) is 5.81. The van der Waals surface area contributed by atoms with Crippen LogP contribution in [-0.2, 0) is 17.9 Å². The average molecular weight is 371 g/mol. The summed E-state index contributed by atoms with van der Waals surface area (Å²) >= 11 is 0. The summed E-state index contributed by atoms with van der Waals surface area (Å²) in [4.78, 5) is 30.4. The molecule has 0 atom stereocenters. The molecule has 0 bridgehead atoms. The first-order valence-electron chi connectivity index (χ1n) is 8.89.